The molecule has 134 valence electrons. The van der Waals surface area contributed by atoms with Crippen molar-refractivity contribution in [2.75, 3.05) is 27.8 Å². The minimum absolute atomic E-state index is 0.0918. The van der Waals surface area contributed by atoms with Crippen LogP contribution in [0.25, 0.3) is 0 Å². The van der Waals surface area contributed by atoms with Gasteiger partial charge in [0.1, 0.15) is 0 Å². The van der Waals surface area contributed by atoms with E-state index in [1.54, 1.807) is 14.2 Å². The molecule has 0 radical (unpaired) electrons. The number of phenols is 1. The Labute approximate surface area is 147 Å². The first-order valence-corrected chi connectivity index (χ1v) is 8.96. The van der Waals surface area contributed by atoms with Crippen molar-refractivity contribution >= 4 is 0 Å². The topological polar surface area (TPSA) is 62.2 Å². The predicted octanol–water partition coefficient (Wildman–Crippen LogP) is 1.95. The molecule has 25 heavy (non-hydrogen) atoms. The lowest BCUT2D eigenvalue weighted by atomic mass is 9.59. The van der Waals surface area contributed by atoms with E-state index in [-0.39, 0.29) is 17.2 Å². The van der Waals surface area contributed by atoms with Crippen LogP contribution in [-0.4, -0.2) is 54.6 Å². The molecule has 0 aromatic heterocycles. The second-order valence-corrected chi connectivity index (χ2v) is 8.45. The van der Waals surface area contributed by atoms with Crippen LogP contribution in [0.4, 0.5) is 0 Å². The van der Waals surface area contributed by atoms with Crippen LogP contribution in [0.3, 0.4) is 0 Å². The summed E-state index contributed by atoms with van der Waals surface area (Å²) in [5.41, 5.74) is 0.710. The molecule has 1 saturated heterocycles. The van der Waals surface area contributed by atoms with E-state index in [0.29, 0.717) is 18.6 Å². The lowest BCUT2D eigenvalue weighted by Gasteiger charge is -2.56. The smallest absolute Gasteiger partial charge is 0.161 e. The maximum atomic E-state index is 12.0. The quantitative estimate of drug-likeness (QED) is 0.859. The summed E-state index contributed by atoms with van der Waals surface area (Å²) < 4.78 is 11.0. The SMILES string of the molecule is COC1=CCC2(O)C3N(C)CC34Cc3ccc(OC)c(O)c3C2(C1)C4. The molecule has 4 unspecified atom stereocenters. The van der Waals surface area contributed by atoms with Crippen LogP contribution in [0, 0.1) is 5.41 Å². The molecular formula is C20H25NO4. The number of aromatic hydroxyl groups is 1. The molecule has 1 aromatic rings. The lowest BCUT2D eigenvalue weighted by Crippen LogP contribution is -2.69. The fourth-order valence-electron chi connectivity index (χ4n) is 6.83. The summed E-state index contributed by atoms with van der Waals surface area (Å²) in [5, 5.41) is 23.0. The van der Waals surface area contributed by atoms with Crippen molar-refractivity contribution < 1.29 is 19.7 Å². The molecule has 2 N–H and O–H groups in total. The van der Waals surface area contributed by atoms with Gasteiger partial charge in [-0.05, 0) is 37.6 Å². The number of fused-ring (bicyclic) bond motifs is 2. The zero-order chi connectivity index (χ0) is 17.6. The Hall–Kier alpha value is -1.72. The standard InChI is InChI=1S/C20H25NO4/c1-21-11-18-8-12-4-5-14(25-3)16(22)15(12)19(10-18)9-13(24-2)6-7-20(19,23)17(18)21/h4-6,17,22-23H,7-11H2,1-3H3. The van der Waals surface area contributed by atoms with E-state index in [1.165, 1.54) is 0 Å². The zero-order valence-electron chi connectivity index (χ0n) is 15.0. The summed E-state index contributed by atoms with van der Waals surface area (Å²) in [6.45, 7) is 0.996. The molecule has 4 atom stereocenters. The van der Waals surface area contributed by atoms with Gasteiger partial charge in [0.15, 0.2) is 11.5 Å². The Kier molecular flexibility index (Phi) is 2.80. The number of nitrogens with zero attached hydrogens (tertiary/aromatic N) is 1. The Morgan fingerprint density at radius 3 is 2.68 bits per heavy atom. The van der Waals surface area contributed by atoms with Gasteiger partial charge in [0.05, 0.1) is 25.6 Å². The number of methoxy groups -OCH3 is 2. The first-order chi connectivity index (χ1) is 11.9. The predicted molar refractivity (Wildman–Crippen MR) is 92.8 cm³/mol. The summed E-state index contributed by atoms with van der Waals surface area (Å²) in [6, 6.07) is 4.04. The summed E-state index contributed by atoms with van der Waals surface area (Å²) in [6.07, 6.45) is 5.01. The van der Waals surface area contributed by atoms with Crippen molar-refractivity contribution in [2.45, 2.75) is 42.7 Å². The molecular weight excluding hydrogens is 318 g/mol. The molecule has 4 aliphatic rings. The van der Waals surface area contributed by atoms with E-state index in [0.717, 1.165) is 36.3 Å². The molecule has 2 fully saturated rings. The second-order valence-electron chi connectivity index (χ2n) is 8.45. The largest absolute Gasteiger partial charge is 0.504 e. The molecule has 5 rings (SSSR count). The fourth-order valence-corrected chi connectivity index (χ4v) is 6.83. The van der Waals surface area contributed by atoms with Crippen LogP contribution in [0.2, 0.25) is 0 Å². The summed E-state index contributed by atoms with van der Waals surface area (Å²) >= 11 is 0. The van der Waals surface area contributed by atoms with Gasteiger partial charge in [-0.1, -0.05) is 6.07 Å². The Morgan fingerprint density at radius 1 is 1.20 bits per heavy atom. The summed E-state index contributed by atoms with van der Waals surface area (Å²) in [4.78, 5) is 2.29. The van der Waals surface area contributed by atoms with Crippen LogP contribution >= 0.6 is 0 Å². The van der Waals surface area contributed by atoms with Gasteiger partial charge in [-0.3, -0.25) is 4.90 Å². The number of phenolic OH excluding ortho intramolecular Hbond substituents is 1. The highest BCUT2D eigenvalue weighted by Crippen LogP contribution is 2.72. The third-order valence-electron chi connectivity index (χ3n) is 7.37. The highest BCUT2D eigenvalue weighted by molar-refractivity contribution is 5.61. The average molecular weight is 343 g/mol. The van der Waals surface area contributed by atoms with E-state index in [2.05, 4.69) is 18.0 Å². The molecule has 2 bridgehead atoms. The van der Waals surface area contributed by atoms with Crippen LogP contribution in [0.5, 0.6) is 11.5 Å². The summed E-state index contributed by atoms with van der Waals surface area (Å²) in [5.74, 6) is 1.57. The molecule has 0 amide bonds. The van der Waals surface area contributed by atoms with Crippen molar-refractivity contribution in [1.82, 2.24) is 4.90 Å². The third kappa shape index (κ3) is 1.53. The van der Waals surface area contributed by atoms with E-state index < -0.39 is 11.0 Å². The maximum Gasteiger partial charge on any atom is 0.161 e. The number of hydrogen-bond donors (Lipinski definition) is 2. The third-order valence-corrected chi connectivity index (χ3v) is 7.37. The molecule has 1 heterocycles. The number of likely N-dealkylation sites (N-methyl/N-ethyl adjacent to an activating group) is 1. The first-order valence-electron chi connectivity index (χ1n) is 8.96. The van der Waals surface area contributed by atoms with E-state index >= 15 is 0 Å². The van der Waals surface area contributed by atoms with Gasteiger partial charge in [-0.2, -0.15) is 0 Å². The molecule has 5 nitrogen and oxygen atoms in total. The van der Waals surface area contributed by atoms with Gasteiger partial charge in [-0.25, -0.2) is 0 Å². The Bertz CT molecular complexity index is 805. The minimum Gasteiger partial charge on any atom is -0.504 e. The van der Waals surface area contributed by atoms with E-state index in [9.17, 15) is 10.2 Å². The van der Waals surface area contributed by atoms with Gasteiger partial charge in [0.25, 0.3) is 0 Å². The Morgan fingerprint density at radius 2 is 2.00 bits per heavy atom. The monoisotopic (exact) mass is 343 g/mol. The van der Waals surface area contributed by atoms with Crippen LogP contribution in [0.1, 0.15) is 30.4 Å². The number of likely N-dealkylation sites (tertiary alicyclic amines) is 1. The van der Waals surface area contributed by atoms with Crippen LogP contribution in [0.15, 0.2) is 24.0 Å². The highest BCUT2D eigenvalue weighted by Gasteiger charge is 2.77. The number of benzene rings is 1. The second kappa shape index (κ2) is 4.51. The Balaban J connectivity index is 1.80. The van der Waals surface area contributed by atoms with Crippen molar-refractivity contribution in [2.24, 2.45) is 5.41 Å². The molecule has 1 saturated carbocycles. The van der Waals surface area contributed by atoms with Gasteiger partial charge >= 0.3 is 0 Å². The van der Waals surface area contributed by atoms with Crippen molar-refractivity contribution in [3.05, 3.63) is 35.1 Å². The number of aliphatic hydroxyl groups is 1. The minimum atomic E-state index is -0.892. The summed E-state index contributed by atoms with van der Waals surface area (Å²) in [7, 11) is 5.36. The highest BCUT2D eigenvalue weighted by atomic mass is 16.5. The number of hydrogen-bond acceptors (Lipinski definition) is 5. The zero-order valence-corrected chi connectivity index (χ0v) is 15.0. The van der Waals surface area contributed by atoms with Gasteiger partial charge < -0.3 is 19.7 Å². The van der Waals surface area contributed by atoms with Crippen LogP contribution in [-0.2, 0) is 16.6 Å². The van der Waals surface area contributed by atoms with Gasteiger partial charge in [0.2, 0.25) is 0 Å². The first kappa shape index (κ1) is 15.5. The van der Waals surface area contributed by atoms with Crippen molar-refractivity contribution in [3.8, 4) is 11.5 Å². The number of ether oxygens (including phenoxy) is 2. The maximum absolute atomic E-state index is 12.0. The fraction of sp³-hybridized carbons (Fsp3) is 0.600. The number of rotatable bonds is 2. The molecule has 1 aromatic carbocycles. The lowest BCUT2D eigenvalue weighted by molar-refractivity contribution is -0.135. The van der Waals surface area contributed by atoms with E-state index in [1.807, 2.05) is 12.1 Å². The van der Waals surface area contributed by atoms with Crippen molar-refractivity contribution in [3.63, 3.8) is 0 Å². The van der Waals surface area contributed by atoms with E-state index in [4.69, 9.17) is 9.47 Å². The molecule has 1 aliphatic heterocycles. The number of allylic oxidation sites excluding steroid dienone is 1. The van der Waals surface area contributed by atoms with Crippen molar-refractivity contribution in [1.29, 1.82) is 0 Å². The molecule has 5 heteroatoms. The molecule has 3 aliphatic carbocycles. The normalized spacial score (nSPS) is 41.1. The van der Waals surface area contributed by atoms with Crippen LogP contribution < -0.4 is 4.74 Å². The molecule has 2 spiro atoms. The van der Waals surface area contributed by atoms with Gasteiger partial charge in [0, 0.05) is 41.8 Å². The van der Waals surface area contributed by atoms with Gasteiger partial charge in [-0.15, -0.1) is 0 Å². The average Bonchev–Trinajstić information content (AvgIpc) is 2.71.